The summed E-state index contributed by atoms with van der Waals surface area (Å²) < 4.78 is 11.5. The van der Waals surface area contributed by atoms with Crippen LogP contribution < -0.4 is 4.74 Å². The molecule has 5 nitrogen and oxygen atoms in total. The first-order valence-corrected chi connectivity index (χ1v) is 20.5. The van der Waals surface area contributed by atoms with Crippen LogP contribution in [0.3, 0.4) is 0 Å². The minimum absolute atomic E-state index is 0.0199. The lowest BCUT2D eigenvalue weighted by Crippen LogP contribution is -2.08. The number of aliphatic imine (C=N–C) groups is 1. The first-order chi connectivity index (χ1) is 28.3. The summed E-state index contributed by atoms with van der Waals surface area (Å²) >= 11 is 0. The standard InChI is InChI=1S/C53H46N4O/c1-33(2)39-30-45(37-14-7-6-8-15-37)53(58-34(3)4)46(31-39)38-23-21-36(22-24-38)40-28-41(56-47-18-11-9-16-43(47)50-49(56)20-13-26-54-50)32-42(29-40)57-48-19-12-10-17-44(48)51-52(57)35(5)25-27-55-51/h6-24,26-35H,25H2,1-5H3. The fourth-order valence-electron chi connectivity index (χ4n) is 8.84. The maximum atomic E-state index is 6.69. The van der Waals surface area contributed by atoms with Crippen molar-refractivity contribution in [3.05, 3.63) is 163 Å². The lowest BCUT2D eigenvalue weighted by atomic mass is 9.90. The van der Waals surface area contributed by atoms with Crippen molar-refractivity contribution in [2.75, 3.05) is 0 Å². The molecule has 3 aromatic heterocycles. The molecular formula is C53H46N4O. The predicted molar refractivity (Wildman–Crippen MR) is 243 cm³/mol. The van der Waals surface area contributed by atoms with Gasteiger partial charge in [-0.2, -0.15) is 0 Å². The molecule has 284 valence electrons. The van der Waals surface area contributed by atoms with E-state index in [1.54, 1.807) is 0 Å². The predicted octanol–water partition coefficient (Wildman–Crippen LogP) is 14.2. The van der Waals surface area contributed by atoms with Crippen molar-refractivity contribution in [1.29, 1.82) is 0 Å². The minimum atomic E-state index is 0.0199. The summed E-state index contributed by atoms with van der Waals surface area (Å²) in [5.41, 5.74) is 17.0. The summed E-state index contributed by atoms with van der Waals surface area (Å²) in [6.07, 6.45) is 4.89. The van der Waals surface area contributed by atoms with Gasteiger partial charge in [-0.05, 0) is 109 Å². The Morgan fingerprint density at radius 3 is 1.90 bits per heavy atom. The zero-order valence-electron chi connectivity index (χ0n) is 33.6. The van der Waals surface area contributed by atoms with Crippen LogP contribution in [0.15, 0.2) is 157 Å². The molecule has 0 saturated heterocycles. The Kier molecular flexibility index (Phi) is 8.82. The van der Waals surface area contributed by atoms with Gasteiger partial charge in [-0.1, -0.05) is 112 Å². The number of pyridine rings is 1. The van der Waals surface area contributed by atoms with Crippen LogP contribution in [0.5, 0.6) is 5.75 Å². The third-order valence-electron chi connectivity index (χ3n) is 11.6. The summed E-state index contributed by atoms with van der Waals surface area (Å²) in [6.45, 7) is 11.0. The van der Waals surface area contributed by atoms with Crippen LogP contribution >= 0.6 is 0 Å². The lowest BCUT2D eigenvalue weighted by molar-refractivity contribution is 0.244. The van der Waals surface area contributed by atoms with Crippen molar-refractivity contribution in [3.8, 4) is 50.5 Å². The van der Waals surface area contributed by atoms with E-state index in [0.717, 1.165) is 90.1 Å². The topological polar surface area (TPSA) is 44.3 Å². The van der Waals surface area contributed by atoms with E-state index in [-0.39, 0.29) is 6.10 Å². The second-order valence-corrected chi connectivity index (χ2v) is 16.2. The molecule has 6 aromatic carbocycles. The number of fused-ring (bicyclic) bond motifs is 6. The Labute approximate surface area is 339 Å². The summed E-state index contributed by atoms with van der Waals surface area (Å²) in [6, 6.07) is 52.8. The van der Waals surface area contributed by atoms with Gasteiger partial charge in [-0.3, -0.25) is 9.98 Å². The number of nitrogens with zero attached hydrogens (tertiary/aromatic N) is 4. The Balaban J connectivity index is 1.20. The van der Waals surface area contributed by atoms with Crippen LogP contribution in [-0.4, -0.2) is 26.4 Å². The van der Waals surface area contributed by atoms with Crippen LogP contribution in [0.1, 0.15) is 64.1 Å². The van der Waals surface area contributed by atoms with Crippen molar-refractivity contribution >= 4 is 44.7 Å². The molecule has 5 heteroatoms. The minimum Gasteiger partial charge on any atom is -0.490 e. The van der Waals surface area contributed by atoms with Crippen molar-refractivity contribution in [1.82, 2.24) is 14.1 Å². The van der Waals surface area contributed by atoms with E-state index in [2.05, 4.69) is 189 Å². The number of hydrogen-bond donors (Lipinski definition) is 0. The van der Waals surface area contributed by atoms with Crippen molar-refractivity contribution in [2.24, 2.45) is 4.99 Å². The molecule has 10 rings (SSSR count). The van der Waals surface area contributed by atoms with Gasteiger partial charge >= 0.3 is 0 Å². The van der Waals surface area contributed by atoms with E-state index < -0.39 is 0 Å². The second-order valence-electron chi connectivity index (χ2n) is 16.2. The number of para-hydroxylation sites is 2. The lowest BCUT2D eigenvalue weighted by Gasteiger charge is -2.22. The Morgan fingerprint density at radius 2 is 1.19 bits per heavy atom. The number of aromatic nitrogens is 3. The normalized spacial score (nSPS) is 13.9. The Bertz CT molecular complexity index is 2970. The van der Waals surface area contributed by atoms with Crippen molar-refractivity contribution in [2.45, 2.75) is 59.0 Å². The highest BCUT2D eigenvalue weighted by Gasteiger charge is 2.26. The van der Waals surface area contributed by atoms with E-state index in [9.17, 15) is 0 Å². The molecule has 0 amide bonds. The smallest absolute Gasteiger partial charge is 0.135 e. The molecule has 0 bridgehead atoms. The van der Waals surface area contributed by atoms with Gasteiger partial charge in [0.05, 0.1) is 39.6 Å². The third-order valence-corrected chi connectivity index (χ3v) is 11.6. The first kappa shape index (κ1) is 35.7. The Morgan fingerprint density at radius 1 is 0.586 bits per heavy atom. The SMILES string of the molecule is CC(C)Oc1c(-c2ccccc2)cc(C(C)C)cc1-c1ccc(-c2cc(-n3c4c(c5ccccc53)N=CCC4C)cc(-n3c4ccccc4c4ncccc43)c2)cc1. The molecule has 9 aromatic rings. The summed E-state index contributed by atoms with van der Waals surface area (Å²) in [5.74, 6) is 1.59. The molecule has 0 N–H and O–H groups in total. The second kappa shape index (κ2) is 14.3. The molecule has 1 unspecified atom stereocenters. The van der Waals surface area contributed by atoms with E-state index in [4.69, 9.17) is 14.7 Å². The van der Waals surface area contributed by atoms with Crippen LogP contribution in [0.4, 0.5) is 5.69 Å². The summed E-state index contributed by atoms with van der Waals surface area (Å²) in [4.78, 5) is 9.86. The van der Waals surface area contributed by atoms with E-state index >= 15 is 0 Å². The van der Waals surface area contributed by atoms with Gasteiger partial charge in [0.15, 0.2) is 0 Å². The molecule has 0 saturated carbocycles. The number of rotatable bonds is 8. The van der Waals surface area contributed by atoms with E-state index in [1.807, 2.05) is 12.3 Å². The summed E-state index contributed by atoms with van der Waals surface area (Å²) in [5, 5.41) is 2.31. The van der Waals surface area contributed by atoms with Crippen molar-refractivity contribution < 1.29 is 4.74 Å². The highest BCUT2D eigenvalue weighted by Crippen LogP contribution is 2.45. The molecule has 1 aliphatic heterocycles. The number of ether oxygens (including phenoxy) is 1. The summed E-state index contributed by atoms with van der Waals surface area (Å²) in [7, 11) is 0. The monoisotopic (exact) mass is 754 g/mol. The van der Waals surface area contributed by atoms with Gasteiger partial charge in [0.25, 0.3) is 0 Å². The average molecular weight is 755 g/mol. The molecule has 58 heavy (non-hydrogen) atoms. The maximum Gasteiger partial charge on any atom is 0.135 e. The Hall–Kier alpha value is -6.72. The quantitative estimate of drug-likeness (QED) is 0.155. The van der Waals surface area contributed by atoms with Crippen LogP contribution in [-0.2, 0) is 0 Å². The molecule has 4 heterocycles. The third kappa shape index (κ3) is 6.01. The molecule has 0 spiro atoms. The highest BCUT2D eigenvalue weighted by molar-refractivity contribution is 6.07. The number of hydrogen-bond acceptors (Lipinski definition) is 3. The van der Waals surface area contributed by atoms with Gasteiger partial charge < -0.3 is 13.9 Å². The van der Waals surface area contributed by atoms with Gasteiger partial charge in [0, 0.05) is 51.6 Å². The highest BCUT2D eigenvalue weighted by atomic mass is 16.5. The van der Waals surface area contributed by atoms with Crippen LogP contribution in [0.2, 0.25) is 0 Å². The van der Waals surface area contributed by atoms with Gasteiger partial charge in [0.1, 0.15) is 5.75 Å². The maximum absolute atomic E-state index is 6.69. The van der Waals surface area contributed by atoms with Crippen molar-refractivity contribution in [3.63, 3.8) is 0 Å². The number of benzene rings is 6. The van der Waals surface area contributed by atoms with E-state index in [1.165, 1.54) is 16.6 Å². The average Bonchev–Trinajstić information content (AvgIpc) is 3.78. The molecular weight excluding hydrogens is 709 g/mol. The molecule has 1 atom stereocenters. The van der Waals surface area contributed by atoms with Gasteiger partial charge in [0.2, 0.25) is 0 Å². The zero-order chi connectivity index (χ0) is 39.5. The fourth-order valence-corrected chi connectivity index (χ4v) is 8.84. The van der Waals surface area contributed by atoms with Gasteiger partial charge in [-0.15, -0.1) is 0 Å². The molecule has 1 aliphatic rings. The van der Waals surface area contributed by atoms with E-state index in [0.29, 0.717) is 11.8 Å². The first-order valence-electron chi connectivity index (χ1n) is 20.5. The van der Waals surface area contributed by atoms with Crippen LogP contribution in [0, 0.1) is 0 Å². The van der Waals surface area contributed by atoms with Gasteiger partial charge in [-0.25, -0.2) is 0 Å². The molecule has 0 aliphatic carbocycles. The molecule has 0 fully saturated rings. The fraction of sp³-hybridized carbons (Fsp3) is 0.170. The van der Waals surface area contributed by atoms with Crippen LogP contribution in [0.25, 0.3) is 77.6 Å². The zero-order valence-corrected chi connectivity index (χ0v) is 33.6. The largest absolute Gasteiger partial charge is 0.490 e. The molecule has 0 radical (unpaired) electrons.